The molecule has 2 atom stereocenters. The monoisotopic (exact) mass is 472 g/mol. The predicted molar refractivity (Wildman–Crippen MR) is 121 cm³/mol. The maximum absolute atomic E-state index is 13.4. The van der Waals surface area contributed by atoms with E-state index < -0.39 is 12.4 Å². The van der Waals surface area contributed by atoms with Crippen molar-refractivity contribution in [2.75, 3.05) is 4.90 Å². The summed E-state index contributed by atoms with van der Waals surface area (Å²) in [5.74, 6) is -0.659. The Morgan fingerprint density at radius 3 is 2.33 bits per heavy atom. The smallest absolute Gasteiger partial charge is 0.406 e. The summed E-state index contributed by atoms with van der Waals surface area (Å²) in [4.78, 5) is 14.9. The van der Waals surface area contributed by atoms with Gasteiger partial charge in [0, 0.05) is 16.8 Å². The molecule has 170 valence electrons. The van der Waals surface area contributed by atoms with Gasteiger partial charge in [0.2, 0.25) is 0 Å². The molecule has 1 amide bonds. The van der Waals surface area contributed by atoms with Gasteiger partial charge >= 0.3 is 6.36 Å². The topological polar surface area (TPSA) is 41.6 Å². The van der Waals surface area contributed by atoms with E-state index in [1.165, 1.54) is 29.2 Å². The molecule has 4 rings (SSSR count). The average molecular weight is 473 g/mol. The first-order valence-electron chi connectivity index (χ1n) is 10.2. The molecule has 0 aromatic heterocycles. The Balaban J connectivity index is 1.65. The molecule has 3 aromatic rings. The van der Waals surface area contributed by atoms with Crippen LogP contribution in [0, 0.1) is 0 Å². The second-order valence-electron chi connectivity index (χ2n) is 7.57. The van der Waals surface area contributed by atoms with E-state index in [1.54, 1.807) is 24.3 Å². The number of hydrogen-bond acceptors (Lipinski definition) is 3. The Labute approximate surface area is 194 Å². The molecule has 0 aliphatic carbocycles. The SMILES string of the molecule is C[C@@H](NC1=CC(c2cccc(Cl)c2)N(c2ccc(OC(F)(F)F)cc2)C1=O)c1ccccc1. The van der Waals surface area contributed by atoms with Crippen molar-refractivity contribution in [3.8, 4) is 5.75 Å². The number of nitrogens with one attached hydrogen (secondary N) is 1. The molecule has 1 unspecified atom stereocenters. The third-order valence-corrected chi connectivity index (χ3v) is 5.50. The van der Waals surface area contributed by atoms with Gasteiger partial charge in [-0.3, -0.25) is 9.69 Å². The van der Waals surface area contributed by atoms with Crippen molar-refractivity contribution in [2.24, 2.45) is 0 Å². The predicted octanol–water partition coefficient (Wildman–Crippen LogP) is 6.56. The number of carbonyl (C=O) groups is 1. The molecule has 8 heteroatoms. The van der Waals surface area contributed by atoms with E-state index in [0.29, 0.717) is 16.4 Å². The molecule has 0 bridgehead atoms. The van der Waals surface area contributed by atoms with Crippen LogP contribution >= 0.6 is 11.6 Å². The van der Waals surface area contributed by atoms with Crippen LogP contribution in [-0.2, 0) is 4.79 Å². The first-order valence-corrected chi connectivity index (χ1v) is 10.6. The maximum atomic E-state index is 13.4. The van der Waals surface area contributed by atoms with Crippen molar-refractivity contribution in [2.45, 2.75) is 25.4 Å². The number of ether oxygens (including phenoxy) is 1. The minimum Gasteiger partial charge on any atom is -0.406 e. The molecule has 1 aliphatic heterocycles. The first-order chi connectivity index (χ1) is 15.7. The number of benzene rings is 3. The number of amides is 1. The Kier molecular flexibility index (Phi) is 6.33. The van der Waals surface area contributed by atoms with Gasteiger partial charge in [0.05, 0.1) is 11.7 Å². The lowest BCUT2D eigenvalue weighted by atomic mass is 10.1. The fraction of sp³-hybridized carbons (Fsp3) is 0.160. The molecule has 1 aliphatic rings. The quantitative estimate of drug-likeness (QED) is 0.441. The summed E-state index contributed by atoms with van der Waals surface area (Å²) >= 11 is 6.17. The summed E-state index contributed by atoms with van der Waals surface area (Å²) in [5.41, 5.74) is 2.61. The minimum absolute atomic E-state index is 0.135. The van der Waals surface area contributed by atoms with Crippen molar-refractivity contribution in [3.05, 3.63) is 107 Å². The molecule has 3 aromatic carbocycles. The molecular weight excluding hydrogens is 453 g/mol. The number of hydrogen-bond donors (Lipinski definition) is 1. The summed E-state index contributed by atoms with van der Waals surface area (Å²) in [5, 5.41) is 3.78. The van der Waals surface area contributed by atoms with E-state index in [0.717, 1.165) is 11.1 Å². The molecule has 0 spiro atoms. The highest BCUT2D eigenvalue weighted by Crippen LogP contribution is 2.37. The zero-order chi connectivity index (χ0) is 23.6. The highest BCUT2D eigenvalue weighted by atomic mass is 35.5. The molecule has 0 fully saturated rings. The lowest BCUT2D eigenvalue weighted by molar-refractivity contribution is -0.274. The molecule has 4 nitrogen and oxygen atoms in total. The normalized spacial score (nSPS) is 17.0. The van der Waals surface area contributed by atoms with E-state index >= 15 is 0 Å². The van der Waals surface area contributed by atoms with Gasteiger partial charge in [0.15, 0.2) is 0 Å². The van der Waals surface area contributed by atoms with Gasteiger partial charge in [0.25, 0.3) is 5.91 Å². The summed E-state index contributed by atoms with van der Waals surface area (Å²) in [7, 11) is 0. The van der Waals surface area contributed by atoms with Gasteiger partial charge in [-0.15, -0.1) is 13.2 Å². The lowest BCUT2D eigenvalue weighted by Gasteiger charge is -2.26. The van der Waals surface area contributed by atoms with Crippen LogP contribution in [-0.4, -0.2) is 12.3 Å². The second-order valence-corrected chi connectivity index (χ2v) is 8.01. The number of rotatable bonds is 6. The lowest BCUT2D eigenvalue weighted by Crippen LogP contribution is -2.33. The standard InChI is InChI=1S/C25H20ClF3N2O2/c1-16(17-6-3-2-4-7-17)30-22-15-23(18-8-5-9-19(26)14-18)31(24(22)32)20-10-12-21(13-11-20)33-25(27,28)29/h2-16,23,30H,1H3/t16-,23?/m1/s1. The van der Waals surface area contributed by atoms with E-state index in [1.807, 2.05) is 43.3 Å². The van der Waals surface area contributed by atoms with E-state index in [4.69, 9.17) is 11.6 Å². The van der Waals surface area contributed by atoms with Crippen LogP contribution in [0.5, 0.6) is 5.75 Å². The summed E-state index contributed by atoms with van der Waals surface area (Å²) in [6.45, 7) is 1.95. The van der Waals surface area contributed by atoms with Gasteiger partial charge in [-0.25, -0.2) is 0 Å². The number of carbonyl (C=O) groups excluding carboxylic acids is 1. The Bertz CT molecular complexity index is 1160. The van der Waals surface area contributed by atoms with Crippen LogP contribution in [0.3, 0.4) is 0 Å². The largest absolute Gasteiger partial charge is 0.573 e. The van der Waals surface area contributed by atoms with Crippen molar-refractivity contribution in [1.82, 2.24) is 5.32 Å². The van der Waals surface area contributed by atoms with Crippen LogP contribution in [0.25, 0.3) is 0 Å². The minimum atomic E-state index is -4.79. The highest BCUT2D eigenvalue weighted by Gasteiger charge is 2.36. The van der Waals surface area contributed by atoms with Gasteiger partial charge in [0.1, 0.15) is 5.75 Å². The number of nitrogens with zero attached hydrogens (tertiary/aromatic N) is 1. The number of alkyl halides is 3. The summed E-state index contributed by atoms with van der Waals surface area (Å²) in [6.07, 6.45) is -2.99. The fourth-order valence-corrected chi connectivity index (χ4v) is 3.95. The average Bonchev–Trinajstić information content (AvgIpc) is 3.10. The van der Waals surface area contributed by atoms with Crippen molar-refractivity contribution < 1.29 is 22.7 Å². The second kappa shape index (κ2) is 9.19. The molecule has 1 N–H and O–H groups in total. The number of anilines is 1. The summed E-state index contributed by atoms with van der Waals surface area (Å²) in [6, 6.07) is 21.4. The van der Waals surface area contributed by atoms with Crippen molar-refractivity contribution in [1.29, 1.82) is 0 Å². The Morgan fingerprint density at radius 2 is 1.70 bits per heavy atom. The van der Waals surface area contributed by atoms with E-state index in [2.05, 4.69) is 10.1 Å². The third-order valence-electron chi connectivity index (χ3n) is 5.26. The van der Waals surface area contributed by atoms with Crippen LogP contribution < -0.4 is 15.0 Å². The van der Waals surface area contributed by atoms with Crippen molar-refractivity contribution in [3.63, 3.8) is 0 Å². The Morgan fingerprint density at radius 1 is 1.00 bits per heavy atom. The van der Waals surface area contributed by atoms with Gasteiger partial charge in [-0.1, -0.05) is 54.1 Å². The molecule has 0 radical (unpaired) electrons. The Hall–Kier alpha value is -3.45. The zero-order valence-electron chi connectivity index (χ0n) is 17.5. The van der Waals surface area contributed by atoms with Gasteiger partial charge < -0.3 is 10.1 Å². The summed E-state index contributed by atoms with van der Waals surface area (Å²) < 4.78 is 41.5. The maximum Gasteiger partial charge on any atom is 0.573 e. The van der Waals surface area contributed by atoms with Crippen LogP contribution in [0.2, 0.25) is 5.02 Å². The molecule has 33 heavy (non-hydrogen) atoms. The molecule has 0 saturated heterocycles. The van der Waals surface area contributed by atoms with Crippen molar-refractivity contribution >= 4 is 23.2 Å². The van der Waals surface area contributed by atoms with Crippen LogP contribution in [0.1, 0.15) is 30.1 Å². The first kappa shape index (κ1) is 22.7. The van der Waals surface area contributed by atoms with Gasteiger partial charge in [-0.2, -0.15) is 0 Å². The molecule has 0 saturated carbocycles. The van der Waals surface area contributed by atoms with Crippen LogP contribution in [0.4, 0.5) is 18.9 Å². The number of halogens is 4. The third kappa shape index (κ3) is 5.31. The van der Waals surface area contributed by atoms with Crippen LogP contribution in [0.15, 0.2) is 90.6 Å². The highest BCUT2D eigenvalue weighted by molar-refractivity contribution is 6.30. The molecular formula is C25H20ClF3N2O2. The zero-order valence-corrected chi connectivity index (χ0v) is 18.3. The van der Waals surface area contributed by atoms with E-state index in [-0.39, 0.29) is 17.7 Å². The molecule has 1 heterocycles. The van der Waals surface area contributed by atoms with E-state index in [9.17, 15) is 18.0 Å². The fourth-order valence-electron chi connectivity index (χ4n) is 3.75. The van der Waals surface area contributed by atoms with Gasteiger partial charge in [-0.05, 0) is 60.5 Å².